The van der Waals surface area contributed by atoms with Crippen molar-refractivity contribution in [3.8, 4) is 16.8 Å². The molecule has 2 aromatic carbocycles. The lowest BCUT2D eigenvalue weighted by molar-refractivity contribution is -0.131. The Kier molecular flexibility index (Phi) is 4.90. The highest BCUT2D eigenvalue weighted by Gasteiger charge is 2.38. The number of hydrogen-bond donors (Lipinski definition) is 1. The fourth-order valence-corrected chi connectivity index (χ4v) is 5.44. The minimum absolute atomic E-state index is 0.0429. The van der Waals surface area contributed by atoms with Gasteiger partial charge in [-0.1, -0.05) is 24.3 Å². The van der Waals surface area contributed by atoms with Crippen LogP contribution in [0.2, 0.25) is 0 Å². The van der Waals surface area contributed by atoms with E-state index in [1.165, 1.54) is 5.39 Å². The zero-order valence-corrected chi connectivity index (χ0v) is 19.5. The van der Waals surface area contributed by atoms with Crippen LogP contribution in [0.1, 0.15) is 42.3 Å². The number of benzene rings is 2. The molecule has 1 amide bonds. The van der Waals surface area contributed by atoms with E-state index in [2.05, 4.69) is 63.1 Å². The second kappa shape index (κ2) is 7.97. The van der Waals surface area contributed by atoms with Gasteiger partial charge in [0.15, 0.2) is 0 Å². The van der Waals surface area contributed by atoms with Gasteiger partial charge in [-0.25, -0.2) is 0 Å². The molecule has 1 unspecified atom stereocenters. The first-order valence-corrected chi connectivity index (χ1v) is 12.1. The standard InChI is InChI=1S/C28H28N4O2/c1-17-26(23-12-14-31(16-23)28(34)21-4-5-21)27(33)30-18(2)32(17)24-9-7-19(8-10-24)22-6-3-20-11-13-29-25(20)15-22/h3,6-11,13,15,21,23,29H,4-5,12,14,16H2,1-2H3. The molecule has 3 heterocycles. The van der Waals surface area contributed by atoms with Crippen LogP contribution in [0, 0.1) is 19.8 Å². The summed E-state index contributed by atoms with van der Waals surface area (Å²) in [7, 11) is 0. The van der Waals surface area contributed by atoms with Gasteiger partial charge in [0.05, 0.1) is 0 Å². The highest BCUT2D eigenvalue weighted by atomic mass is 16.2. The predicted octanol–water partition coefficient (Wildman–Crippen LogP) is 4.72. The molecule has 0 radical (unpaired) electrons. The maximum atomic E-state index is 12.9. The third-order valence-corrected chi connectivity index (χ3v) is 7.39. The van der Waals surface area contributed by atoms with E-state index in [0.29, 0.717) is 12.4 Å². The minimum Gasteiger partial charge on any atom is -0.361 e. The van der Waals surface area contributed by atoms with E-state index in [4.69, 9.17) is 0 Å². The number of fused-ring (bicyclic) bond motifs is 1. The number of likely N-dealkylation sites (tertiary alicyclic amines) is 1. The molecule has 1 aliphatic carbocycles. The molecule has 6 nitrogen and oxygen atoms in total. The number of aryl methyl sites for hydroxylation is 1. The summed E-state index contributed by atoms with van der Waals surface area (Å²) < 4.78 is 2.07. The van der Waals surface area contributed by atoms with E-state index in [9.17, 15) is 9.59 Å². The van der Waals surface area contributed by atoms with Gasteiger partial charge in [0.1, 0.15) is 5.82 Å². The first-order chi connectivity index (χ1) is 16.5. The average Bonchev–Trinajstić information content (AvgIpc) is 3.38. The maximum absolute atomic E-state index is 12.9. The SMILES string of the molecule is Cc1nc(=O)c(C2CCN(C(=O)C3CC3)C2)c(C)n1-c1ccc(-c2ccc3cc[nH]c3c2)cc1. The quantitative estimate of drug-likeness (QED) is 0.487. The van der Waals surface area contributed by atoms with Crippen molar-refractivity contribution in [1.29, 1.82) is 0 Å². The molecule has 0 bridgehead atoms. The number of carbonyl (C=O) groups is 1. The zero-order chi connectivity index (χ0) is 23.4. The van der Waals surface area contributed by atoms with Crippen molar-refractivity contribution in [2.75, 3.05) is 13.1 Å². The lowest BCUT2D eigenvalue weighted by Crippen LogP contribution is -2.31. The number of aromatic amines is 1. The largest absolute Gasteiger partial charge is 0.361 e. The Bertz CT molecular complexity index is 1460. The Morgan fingerprint density at radius 3 is 2.53 bits per heavy atom. The molecule has 1 aliphatic heterocycles. The van der Waals surface area contributed by atoms with Gasteiger partial charge in [0.2, 0.25) is 5.91 Å². The highest BCUT2D eigenvalue weighted by Crippen LogP contribution is 2.35. The van der Waals surface area contributed by atoms with Gasteiger partial charge >= 0.3 is 0 Å². The second-order valence-corrected chi connectivity index (χ2v) is 9.67. The smallest absolute Gasteiger partial charge is 0.276 e. The Labute approximate surface area is 198 Å². The summed E-state index contributed by atoms with van der Waals surface area (Å²) in [6, 6.07) is 16.9. The molecule has 34 heavy (non-hydrogen) atoms. The van der Waals surface area contributed by atoms with Crippen molar-refractivity contribution in [3.63, 3.8) is 0 Å². The Morgan fingerprint density at radius 2 is 1.76 bits per heavy atom. The van der Waals surface area contributed by atoms with Crippen LogP contribution in [-0.2, 0) is 4.79 Å². The van der Waals surface area contributed by atoms with Crippen LogP contribution in [0.25, 0.3) is 27.7 Å². The summed E-state index contributed by atoms with van der Waals surface area (Å²) >= 11 is 0. The number of aromatic nitrogens is 3. The lowest BCUT2D eigenvalue weighted by atomic mass is 9.97. The highest BCUT2D eigenvalue weighted by molar-refractivity contribution is 5.85. The van der Waals surface area contributed by atoms with E-state index < -0.39 is 0 Å². The van der Waals surface area contributed by atoms with Crippen LogP contribution < -0.4 is 5.56 Å². The van der Waals surface area contributed by atoms with Crippen LogP contribution >= 0.6 is 0 Å². The van der Waals surface area contributed by atoms with Gasteiger partial charge < -0.3 is 14.5 Å². The van der Waals surface area contributed by atoms with Crippen LogP contribution in [0.4, 0.5) is 0 Å². The summed E-state index contributed by atoms with van der Waals surface area (Å²) in [6.45, 7) is 5.23. The number of nitrogens with one attached hydrogen (secondary N) is 1. The monoisotopic (exact) mass is 452 g/mol. The third kappa shape index (κ3) is 3.54. The van der Waals surface area contributed by atoms with Crippen molar-refractivity contribution in [2.45, 2.75) is 39.0 Å². The summed E-state index contributed by atoms with van der Waals surface area (Å²) in [6.07, 6.45) is 4.79. The molecular weight excluding hydrogens is 424 g/mol. The normalized spacial score (nSPS) is 18.1. The van der Waals surface area contributed by atoms with Crippen LogP contribution in [-0.4, -0.2) is 38.4 Å². The summed E-state index contributed by atoms with van der Waals surface area (Å²) in [5.74, 6) is 1.19. The molecule has 2 aromatic heterocycles. The third-order valence-electron chi connectivity index (χ3n) is 7.39. The average molecular weight is 453 g/mol. The first kappa shape index (κ1) is 20.9. The molecule has 0 spiro atoms. The van der Waals surface area contributed by atoms with Crippen LogP contribution in [0.5, 0.6) is 0 Å². The van der Waals surface area contributed by atoms with E-state index in [1.54, 1.807) is 0 Å². The van der Waals surface area contributed by atoms with Gasteiger partial charge in [-0.15, -0.1) is 0 Å². The molecule has 1 N–H and O–H groups in total. The molecule has 4 aromatic rings. The van der Waals surface area contributed by atoms with Crippen LogP contribution in [0.3, 0.4) is 0 Å². The number of hydrogen-bond acceptors (Lipinski definition) is 3. The molecule has 1 atom stereocenters. The van der Waals surface area contributed by atoms with E-state index in [-0.39, 0.29) is 23.3 Å². The second-order valence-electron chi connectivity index (χ2n) is 9.67. The number of amides is 1. The van der Waals surface area contributed by atoms with Crippen molar-refractivity contribution in [1.82, 2.24) is 19.4 Å². The van der Waals surface area contributed by atoms with Gasteiger partial charge in [-0.2, -0.15) is 4.98 Å². The van der Waals surface area contributed by atoms with Crippen molar-refractivity contribution in [3.05, 3.63) is 82.2 Å². The summed E-state index contributed by atoms with van der Waals surface area (Å²) in [5.41, 5.74) is 5.90. The number of carbonyl (C=O) groups excluding carboxylic acids is 1. The molecule has 6 rings (SSSR count). The number of rotatable bonds is 4. The fourth-order valence-electron chi connectivity index (χ4n) is 5.44. The molecule has 1 saturated heterocycles. The summed E-state index contributed by atoms with van der Waals surface area (Å²) in [4.78, 5) is 35.1. The fraction of sp³-hybridized carbons (Fsp3) is 0.321. The van der Waals surface area contributed by atoms with Crippen molar-refractivity contribution in [2.24, 2.45) is 5.92 Å². The minimum atomic E-state index is -0.159. The zero-order valence-electron chi connectivity index (χ0n) is 19.5. The van der Waals surface area contributed by atoms with Crippen molar-refractivity contribution >= 4 is 16.8 Å². The first-order valence-electron chi connectivity index (χ1n) is 12.1. The van der Waals surface area contributed by atoms with E-state index >= 15 is 0 Å². The predicted molar refractivity (Wildman–Crippen MR) is 133 cm³/mol. The molecule has 6 heteroatoms. The van der Waals surface area contributed by atoms with Gasteiger partial charge in [-0.05, 0) is 73.9 Å². The van der Waals surface area contributed by atoms with E-state index in [0.717, 1.165) is 59.4 Å². The topological polar surface area (TPSA) is 71.0 Å². The van der Waals surface area contributed by atoms with Crippen molar-refractivity contribution < 1.29 is 4.79 Å². The Morgan fingerprint density at radius 1 is 1.00 bits per heavy atom. The molecule has 1 saturated carbocycles. The Hall–Kier alpha value is -3.67. The number of nitrogens with zero attached hydrogens (tertiary/aromatic N) is 3. The molecule has 172 valence electrons. The van der Waals surface area contributed by atoms with E-state index in [1.807, 2.05) is 24.9 Å². The molecule has 2 fully saturated rings. The van der Waals surface area contributed by atoms with Gasteiger partial charge in [0, 0.05) is 53.6 Å². The van der Waals surface area contributed by atoms with Crippen LogP contribution in [0.15, 0.2) is 59.5 Å². The maximum Gasteiger partial charge on any atom is 0.276 e. The lowest BCUT2D eigenvalue weighted by Gasteiger charge is -2.21. The number of H-pyrrole nitrogens is 1. The molecule has 2 aliphatic rings. The Balaban J connectivity index is 1.32. The molecular formula is C28H28N4O2. The van der Waals surface area contributed by atoms with Gasteiger partial charge in [0.25, 0.3) is 5.56 Å². The summed E-state index contributed by atoms with van der Waals surface area (Å²) in [5, 5.41) is 1.20. The van der Waals surface area contributed by atoms with Gasteiger partial charge in [-0.3, -0.25) is 9.59 Å².